The summed E-state index contributed by atoms with van der Waals surface area (Å²) in [5, 5.41) is 0. The first-order valence-electron chi connectivity index (χ1n) is 6.15. The highest BCUT2D eigenvalue weighted by atomic mass is 79.9. The van der Waals surface area contributed by atoms with Gasteiger partial charge in [0.2, 0.25) is 5.91 Å². The van der Waals surface area contributed by atoms with Crippen molar-refractivity contribution in [1.82, 2.24) is 4.90 Å². The van der Waals surface area contributed by atoms with Crippen LogP contribution in [0.5, 0.6) is 0 Å². The molecule has 0 aromatic heterocycles. The Labute approximate surface area is 117 Å². The monoisotopic (exact) mass is 312 g/mol. The molecule has 2 N–H and O–H groups in total. The van der Waals surface area contributed by atoms with Gasteiger partial charge in [-0.15, -0.1) is 0 Å². The van der Waals surface area contributed by atoms with Crippen molar-refractivity contribution < 1.29 is 4.79 Å². The second kappa shape index (κ2) is 6.90. The van der Waals surface area contributed by atoms with Crippen molar-refractivity contribution in [2.75, 3.05) is 7.05 Å². The third-order valence-electron chi connectivity index (χ3n) is 2.73. The number of benzene rings is 1. The molecular formula is C14H21BrN2O. The molecular weight excluding hydrogens is 292 g/mol. The number of nitrogens with zero attached hydrogens (tertiary/aromatic N) is 1. The van der Waals surface area contributed by atoms with E-state index in [0.717, 1.165) is 16.5 Å². The standard InChI is InChI=1S/C14H21BrN2O/c1-10(2)7-13(16)14(18)17(3)9-11-5-4-6-12(15)8-11/h4-6,8,10,13H,7,9,16H2,1-3H3. The molecule has 0 aliphatic carbocycles. The Bertz CT molecular complexity index is 407. The topological polar surface area (TPSA) is 46.3 Å². The van der Waals surface area contributed by atoms with E-state index in [-0.39, 0.29) is 5.91 Å². The fraction of sp³-hybridized carbons (Fsp3) is 0.500. The zero-order valence-electron chi connectivity index (χ0n) is 11.2. The van der Waals surface area contributed by atoms with Gasteiger partial charge in [-0.25, -0.2) is 0 Å². The van der Waals surface area contributed by atoms with Crippen molar-refractivity contribution in [3.63, 3.8) is 0 Å². The van der Waals surface area contributed by atoms with Crippen LogP contribution in [0.25, 0.3) is 0 Å². The van der Waals surface area contributed by atoms with E-state index in [1.165, 1.54) is 0 Å². The average molecular weight is 313 g/mol. The van der Waals surface area contributed by atoms with E-state index in [0.29, 0.717) is 12.5 Å². The number of hydrogen-bond donors (Lipinski definition) is 1. The van der Waals surface area contributed by atoms with Crippen LogP contribution in [0, 0.1) is 5.92 Å². The first kappa shape index (κ1) is 15.2. The second-order valence-electron chi connectivity index (χ2n) is 5.06. The van der Waals surface area contributed by atoms with E-state index in [4.69, 9.17) is 5.73 Å². The molecule has 1 aromatic carbocycles. The Morgan fingerprint density at radius 2 is 2.11 bits per heavy atom. The summed E-state index contributed by atoms with van der Waals surface area (Å²) in [6, 6.07) is 7.55. The molecule has 0 saturated carbocycles. The summed E-state index contributed by atoms with van der Waals surface area (Å²) in [5.41, 5.74) is 7.00. The van der Waals surface area contributed by atoms with Crippen LogP contribution in [-0.4, -0.2) is 23.9 Å². The first-order valence-corrected chi connectivity index (χ1v) is 6.94. The van der Waals surface area contributed by atoms with Gasteiger partial charge in [0.15, 0.2) is 0 Å². The minimum absolute atomic E-state index is 0.00340. The Morgan fingerprint density at radius 1 is 1.44 bits per heavy atom. The van der Waals surface area contributed by atoms with Gasteiger partial charge in [-0.2, -0.15) is 0 Å². The number of hydrogen-bond acceptors (Lipinski definition) is 2. The summed E-state index contributed by atoms with van der Waals surface area (Å²) in [7, 11) is 1.80. The van der Waals surface area contributed by atoms with Crippen LogP contribution in [0.15, 0.2) is 28.7 Å². The van der Waals surface area contributed by atoms with E-state index < -0.39 is 6.04 Å². The maximum absolute atomic E-state index is 12.1. The van der Waals surface area contributed by atoms with E-state index in [2.05, 4.69) is 29.8 Å². The summed E-state index contributed by atoms with van der Waals surface area (Å²) in [5.74, 6) is 0.437. The normalized spacial score (nSPS) is 12.6. The second-order valence-corrected chi connectivity index (χ2v) is 5.98. The molecule has 0 spiro atoms. The fourth-order valence-corrected chi connectivity index (χ4v) is 2.33. The Morgan fingerprint density at radius 3 is 2.67 bits per heavy atom. The summed E-state index contributed by atoms with van der Waals surface area (Å²) in [6.07, 6.45) is 0.724. The third kappa shape index (κ3) is 4.78. The van der Waals surface area contributed by atoms with Crippen LogP contribution in [0.1, 0.15) is 25.8 Å². The molecule has 0 heterocycles. The van der Waals surface area contributed by atoms with Gasteiger partial charge in [0.05, 0.1) is 6.04 Å². The largest absolute Gasteiger partial charge is 0.340 e. The van der Waals surface area contributed by atoms with E-state index in [1.54, 1.807) is 11.9 Å². The Kier molecular flexibility index (Phi) is 5.82. The SMILES string of the molecule is CC(C)CC(N)C(=O)N(C)Cc1cccc(Br)c1. The van der Waals surface area contributed by atoms with Crippen molar-refractivity contribution in [3.05, 3.63) is 34.3 Å². The summed E-state index contributed by atoms with van der Waals surface area (Å²) in [6.45, 7) is 4.73. The van der Waals surface area contributed by atoms with E-state index in [1.807, 2.05) is 24.3 Å². The lowest BCUT2D eigenvalue weighted by Crippen LogP contribution is -2.42. The minimum Gasteiger partial charge on any atom is -0.340 e. The van der Waals surface area contributed by atoms with Gasteiger partial charge in [-0.1, -0.05) is 41.9 Å². The lowest BCUT2D eigenvalue weighted by molar-refractivity contribution is -0.132. The highest BCUT2D eigenvalue weighted by Gasteiger charge is 2.19. The van der Waals surface area contributed by atoms with Crippen molar-refractivity contribution in [2.24, 2.45) is 11.7 Å². The molecule has 1 aromatic rings. The van der Waals surface area contributed by atoms with Crippen molar-refractivity contribution in [1.29, 1.82) is 0 Å². The summed E-state index contributed by atoms with van der Waals surface area (Å²) < 4.78 is 1.02. The molecule has 3 nitrogen and oxygen atoms in total. The zero-order valence-corrected chi connectivity index (χ0v) is 12.8. The molecule has 0 aliphatic rings. The molecule has 0 bridgehead atoms. The summed E-state index contributed by atoms with van der Waals surface area (Å²) >= 11 is 3.42. The molecule has 1 unspecified atom stereocenters. The Hall–Kier alpha value is -0.870. The van der Waals surface area contributed by atoms with Gasteiger partial charge in [0.25, 0.3) is 0 Å². The van der Waals surface area contributed by atoms with Crippen LogP contribution in [-0.2, 0) is 11.3 Å². The van der Waals surface area contributed by atoms with Gasteiger partial charge in [0, 0.05) is 18.1 Å². The quantitative estimate of drug-likeness (QED) is 0.908. The molecule has 0 aliphatic heterocycles. The molecule has 1 atom stereocenters. The molecule has 0 fully saturated rings. The number of nitrogens with two attached hydrogens (primary N) is 1. The highest BCUT2D eigenvalue weighted by Crippen LogP contribution is 2.14. The van der Waals surface area contributed by atoms with Gasteiger partial charge < -0.3 is 10.6 Å². The minimum atomic E-state index is -0.401. The lowest BCUT2D eigenvalue weighted by atomic mass is 10.0. The van der Waals surface area contributed by atoms with Crippen LogP contribution in [0.4, 0.5) is 0 Å². The molecule has 0 saturated heterocycles. The van der Waals surface area contributed by atoms with Crippen molar-refractivity contribution in [3.8, 4) is 0 Å². The molecule has 1 amide bonds. The highest BCUT2D eigenvalue weighted by molar-refractivity contribution is 9.10. The van der Waals surface area contributed by atoms with Crippen molar-refractivity contribution >= 4 is 21.8 Å². The number of likely N-dealkylation sites (N-methyl/N-ethyl adjacent to an activating group) is 1. The summed E-state index contributed by atoms with van der Waals surface area (Å²) in [4.78, 5) is 13.7. The smallest absolute Gasteiger partial charge is 0.239 e. The number of amides is 1. The zero-order chi connectivity index (χ0) is 13.7. The predicted octanol–water partition coefficient (Wildman–Crippen LogP) is 2.78. The number of carbonyl (C=O) groups excluding carboxylic acids is 1. The van der Waals surface area contributed by atoms with E-state index in [9.17, 15) is 4.79 Å². The van der Waals surface area contributed by atoms with Gasteiger partial charge in [-0.3, -0.25) is 4.79 Å². The number of halogens is 1. The van der Waals surface area contributed by atoms with Crippen LogP contribution >= 0.6 is 15.9 Å². The number of rotatable bonds is 5. The average Bonchev–Trinajstić information content (AvgIpc) is 2.27. The first-order chi connectivity index (χ1) is 8.40. The lowest BCUT2D eigenvalue weighted by Gasteiger charge is -2.22. The maximum atomic E-state index is 12.1. The predicted molar refractivity (Wildman–Crippen MR) is 78.0 cm³/mol. The van der Waals surface area contributed by atoms with Crippen LogP contribution in [0.2, 0.25) is 0 Å². The molecule has 100 valence electrons. The number of carbonyl (C=O) groups is 1. The molecule has 0 radical (unpaired) electrons. The van der Waals surface area contributed by atoms with Crippen molar-refractivity contribution in [2.45, 2.75) is 32.9 Å². The molecule has 4 heteroatoms. The maximum Gasteiger partial charge on any atom is 0.239 e. The fourth-order valence-electron chi connectivity index (χ4n) is 1.88. The molecule has 18 heavy (non-hydrogen) atoms. The van der Waals surface area contributed by atoms with E-state index >= 15 is 0 Å². The molecule has 1 rings (SSSR count). The third-order valence-corrected chi connectivity index (χ3v) is 3.22. The van der Waals surface area contributed by atoms with Gasteiger partial charge in [-0.05, 0) is 30.0 Å². The Balaban J connectivity index is 2.59. The van der Waals surface area contributed by atoms with Gasteiger partial charge >= 0.3 is 0 Å². The van der Waals surface area contributed by atoms with Crippen LogP contribution in [0.3, 0.4) is 0 Å². The van der Waals surface area contributed by atoms with Gasteiger partial charge in [0.1, 0.15) is 0 Å². The van der Waals surface area contributed by atoms with Crippen LogP contribution < -0.4 is 5.73 Å².